The molecule has 1 aromatic rings. The van der Waals surface area contributed by atoms with Gasteiger partial charge in [-0.25, -0.2) is 0 Å². The van der Waals surface area contributed by atoms with Crippen molar-refractivity contribution in [1.82, 2.24) is 10.2 Å². The van der Waals surface area contributed by atoms with Crippen molar-refractivity contribution in [3.05, 3.63) is 18.0 Å². The minimum absolute atomic E-state index is 0. The van der Waals surface area contributed by atoms with Crippen molar-refractivity contribution in [1.29, 1.82) is 0 Å². The zero-order chi connectivity index (χ0) is 4.41. The molecule has 3 heteroatoms. The van der Waals surface area contributed by atoms with Gasteiger partial charge in [-0.15, -0.1) is 0 Å². The molecule has 0 amide bonds. The molecule has 0 saturated carbocycles. The molecule has 1 heterocycles. The Kier molecular flexibility index (Phi) is 3.41. The summed E-state index contributed by atoms with van der Waals surface area (Å²) in [5.74, 6) is 0. The summed E-state index contributed by atoms with van der Waals surface area (Å²) in [4.78, 5) is 0. The molecule has 0 bridgehead atoms. The second-order valence-electron chi connectivity index (χ2n) is 1.23. The molecule has 0 aliphatic rings. The maximum Gasteiger partial charge on any atom is 0.00489 e. The van der Waals surface area contributed by atoms with Crippen LogP contribution >= 0.6 is 0 Å². The molecule has 0 aromatic carbocycles. The first kappa shape index (κ1) is 7.26. The van der Waals surface area contributed by atoms with E-state index in [0.717, 1.165) is 5.56 Å². The van der Waals surface area contributed by atoms with E-state index >= 15 is 0 Å². The Hall–Kier alpha value is 0.262. The van der Waals surface area contributed by atoms with Gasteiger partial charge >= 0.3 is 0 Å². The standard InChI is InChI=1S/C4H5N2.U/c1-4-2-5-6-3-4;/h2-3H,1H3;/q-1;. The van der Waals surface area contributed by atoms with E-state index in [2.05, 4.69) is 10.2 Å². The van der Waals surface area contributed by atoms with Gasteiger partial charge in [0.15, 0.2) is 0 Å². The molecule has 0 unspecified atom stereocenters. The smallest absolute Gasteiger partial charge is 0.00489 e. The molecule has 1 aromatic heterocycles. The average Bonchev–Trinajstić information content (AvgIpc) is 1.86. The van der Waals surface area contributed by atoms with E-state index in [1.165, 1.54) is 0 Å². The third-order valence-electron chi connectivity index (χ3n) is 0.589. The topological polar surface area (TPSA) is 27.0 Å². The Labute approximate surface area is 66.1 Å². The predicted molar refractivity (Wildman–Crippen MR) is 22.3 cm³/mol. The van der Waals surface area contributed by atoms with Gasteiger partial charge in [-0.1, -0.05) is 5.56 Å². The Bertz CT molecular complexity index is 113. The molecule has 36 valence electrons. The Morgan fingerprint density at radius 2 is 2.43 bits per heavy atom. The molecular weight excluding hydrogens is 314 g/mol. The number of aromatic nitrogens is 2. The van der Waals surface area contributed by atoms with E-state index in [-0.39, 0.29) is 31.1 Å². The number of hydrogen-bond donors (Lipinski definition) is 0. The third kappa shape index (κ3) is 2.16. The van der Waals surface area contributed by atoms with Crippen molar-refractivity contribution in [2.45, 2.75) is 6.92 Å². The largest absolute Gasteiger partial charge is 0.582 e. The summed E-state index contributed by atoms with van der Waals surface area (Å²) >= 11 is 0. The van der Waals surface area contributed by atoms with Crippen LogP contribution in [0.3, 0.4) is 0 Å². The first-order valence-electron chi connectivity index (χ1n) is 1.79. The molecule has 7 heavy (non-hydrogen) atoms. The van der Waals surface area contributed by atoms with Gasteiger partial charge in [-0.2, -0.15) is 6.20 Å². The minimum Gasteiger partial charge on any atom is -0.582 e. The van der Waals surface area contributed by atoms with E-state index in [9.17, 15) is 0 Å². The minimum atomic E-state index is 0. The molecule has 2 nitrogen and oxygen atoms in total. The Morgan fingerprint density at radius 3 is 2.57 bits per heavy atom. The maximum absolute atomic E-state index is 3.57. The van der Waals surface area contributed by atoms with Gasteiger partial charge in [0.05, 0.1) is 0 Å². The van der Waals surface area contributed by atoms with Crippen LogP contribution in [0.15, 0.2) is 12.4 Å². The third-order valence-corrected chi connectivity index (χ3v) is 0.589. The van der Waals surface area contributed by atoms with Gasteiger partial charge in [-0.3, -0.25) is 0 Å². The van der Waals surface area contributed by atoms with Crippen LogP contribution < -0.4 is 5.10 Å². The summed E-state index contributed by atoms with van der Waals surface area (Å²) in [7, 11) is 0. The number of rotatable bonds is 0. The molecule has 0 aliphatic carbocycles. The molecule has 0 spiro atoms. The van der Waals surface area contributed by atoms with Gasteiger partial charge in [0.25, 0.3) is 0 Å². The van der Waals surface area contributed by atoms with Crippen LogP contribution in [0.25, 0.3) is 0 Å². The molecule has 0 fully saturated rings. The zero-order valence-electron chi connectivity index (χ0n) is 4.05. The monoisotopic (exact) mass is 319 g/mol. The average molecular weight is 319 g/mol. The fraction of sp³-hybridized carbons (Fsp3) is 0.250. The number of hydrogen-bond acceptors (Lipinski definition) is 1. The summed E-state index contributed by atoms with van der Waals surface area (Å²) in [5.41, 5.74) is 1.12. The van der Waals surface area contributed by atoms with Gasteiger partial charge in [0.2, 0.25) is 0 Å². The summed E-state index contributed by atoms with van der Waals surface area (Å²) in [5, 5.41) is 7.14. The molecule has 0 aliphatic heterocycles. The summed E-state index contributed by atoms with van der Waals surface area (Å²) in [6.45, 7) is 1.96. The van der Waals surface area contributed by atoms with Crippen LogP contribution in [0.1, 0.15) is 5.56 Å². The van der Waals surface area contributed by atoms with E-state index < -0.39 is 0 Å². The van der Waals surface area contributed by atoms with Crippen molar-refractivity contribution in [2.75, 3.05) is 0 Å². The summed E-state index contributed by atoms with van der Waals surface area (Å²) < 4.78 is 0. The summed E-state index contributed by atoms with van der Waals surface area (Å²) in [6, 6.07) is 0. The van der Waals surface area contributed by atoms with Gasteiger partial charge < -0.3 is 10.2 Å². The Morgan fingerprint density at radius 1 is 1.71 bits per heavy atom. The van der Waals surface area contributed by atoms with Crippen molar-refractivity contribution in [3.8, 4) is 0 Å². The molecule has 0 saturated heterocycles. The van der Waals surface area contributed by atoms with Gasteiger partial charge in [-0.05, 0) is 6.92 Å². The fourth-order valence-corrected chi connectivity index (χ4v) is 0.282. The zero-order valence-corrected chi connectivity index (χ0v) is 8.21. The van der Waals surface area contributed by atoms with Gasteiger partial charge in [0.1, 0.15) is 0 Å². The molecule has 0 N–H and O–H groups in total. The first-order valence-corrected chi connectivity index (χ1v) is 1.79. The van der Waals surface area contributed by atoms with Crippen LogP contribution in [0, 0.1) is 38.0 Å². The molecule has 0 atom stereocenters. The quantitative estimate of drug-likeness (QED) is 0.690. The first-order chi connectivity index (χ1) is 2.89. The SMILES string of the molecule is Cc1cn[n-]c1.[U]. The second kappa shape index (κ2) is 3.29. The van der Waals surface area contributed by atoms with Crippen molar-refractivity contribution in [3.63, 3.8) is 0 Å². The van der Waals surface area contributed by atoms with E-state index in [1.54, 1.807) is 12.4 Å². The van der Waals surface area contributed by atoms with E-state index in [0.29, 0.717) is 0 Å². The molecule has 1 rings (SSSR count). The van der Waals surface area contributed by atoms with Crippen molar-refractivity contribution < 1.29 is 31.1 Å². The molecular formula is C4H5N2U-. The van der Waals surface area contributed by atoms with Crippen molar-refractivity contribution >= 4 is 0 Å². The van der Waals surface area contributed by atoms with Crippen LogP contribution in [0.5, 0.6) is 0 Å². The van der Waals surface area contributed by atoms with Gasteiger partial charge in [0, 0.05) is 37.3 Å². The predicted octanol–water partition coefficient (Wildman–Crippen LogP) is 0.347. The second-order valence-corrected chi connectivity index (χ2v) is 1.23. The normalized spacial score (nSPS) is 7.57. The van der Waals surface area contributed by atoms with Crippen LogP contribution in [-0.4, -0.2) is 5.10 Å². The van der Waals surface area contributed by atoms with Crippen LogP contribution in [0.4, 0.5) is 0 Å². The van der Waals surface area contributed by atoms with Crippen LogP contribution in [0.2, 0.25) is 0 Å². The van der Waals surface area contributed by atoms with Crippen LogP contribution in [-0.2, 0) is 0 Å². The summed E-state index contributed by atoms with van der Waals surface area (Å²) in [6.07, 6.45) is 3.44. The fourth-order valence-electron chi connectivity index (χ4n) is 0.282. The van der Waals surface area contributed by atoms with E-state index in [1.807, 2.05) is 6.92 Å². The molecule has 0 radical (unpaired) electrons. The maximum atomic E-state index is 3.57. The number of aryl methyl sites for hydroxylation is 1. The number of nitrogens with zero attached hydrogens (tertiary/aromatic N) is 2. The Balaban J connectivity index is 0.000000360. The van der Waals surface area contributed by atoms with E-state index in [4.69, 9.17) is 0 Å². The van der Waals surface area contributed by atoms with Crippen molar-refractivity contribution in [2.24, 2.45) is 0 Å².